The monoisotopic (exact) mass is 463 g/mol. The number of aromatic nitrogens is 4. The zero-order valence-corrected chi connectivity index (χ0v) is 20.5. The number of anilines is 1. The topological polar surface area (TPSA) is 81.3 Å². The van der Waals surface area contributed by atoms with Crippen molar-refractivity contribution < 1.29 is 4.79 Å². The third-order valence-corrected chi connectivity index (χ3v) is 8.08. The van der Waals surface area contributed by atoms with Gasteiger partial charge in [0.2, 0.25) is 5.91 Å². The van der Waals surface area contributed by atoms with E-state index in [9.17, 15) is 9.59 Å². The van der Waals surface area contributed by atoms with E-state index in [2.05, 4.69) is 36.1 Å². The van der Waals surface area contributed by atoms with Crippen LogP contribution in [-0.2, 0) is 24.2 Å². The molecule has 0 saturated carbocycles. The van der Waals surface area contributed by atoms with Crippen LogP contribution in [0.1, 0.15) is 48.8 Å². The summed E-state index contributed by atoms with van der Waals surface area (Å²) in [4.78, 5) is 36.9. The summed E-state index contributed by atoms with van der Waals surface area (Å²) in [5.74, 6) is 0.360. The Balaban J connectivity index is 1.51. The first-order valence-electron chi connectivity index (χ1n) is 11.4. The van der Waals surface area contributed by atoms with Gasteiger partial charge in [-0.1, -0.05) is 39.0 Å². The Kier molecular flexibility index (Phi) is 5.16. The molecule has 0 bridgehead atoms. The number of nitrogens with zero attached hydrogens (tertiary/aromatic N) is 4. The molecule has 172 valence electrons. The van der Waals surface area contributed by atoms with E-state index in [1.807, 2.05) is 32.0 Å². The second kappa shape index (κ2) is 7.80. The predicted octanol–water partition coefficient (Wildman–Crippen LogP) is 4.51. The van der Waals surface area contributed by atoms with Gasteiger partial charge in [0, 0.05) is 10.6 Å². The highest BCUT2D eigenvalue weighted by molar-refractivity contribution is 7.19. The van der Waals surface area contributed by atoms with E-state index in [-0.39, 0.29) is 17.9 Å². The molecule has 1 aromatic carbocycles. The van der Waals surface area contributed by atoms with Gasteiger partial charge in [0.25, 0.3) is 0 Å². The summed E-state index contributed by atoms with van der Waals surface area (Å²) in [5, 5.41) is 3.92. The van der Waals surface area contributed by atoms with Crippen LogP contribution in [0, 0.1) is 25.2 Å². The van der Waals surface area contributed by atoms with Crippen molar-refractivity contribution in [2.24, 2.45) is 11.3 Å². The van der Waals surface area contributed by atoms with Crippen LogP contribution in [-0.4, -0.2) is 25.1 Å². The molecular formula is C25H29N5O2S. The Morgan fingerprint density at radius 1 is 1.24 bits per heavy atom. The minimum Gasteiger partial charge on any atom is -0.324 e. The maximum absolute atomic E-state index is 12.8. The second-order valence-corrected chi connectivity index (χ2v) is 11.3. The largest absolute Gasteiger partial charge is 0.365 e. The molecule has 7 nitrogen and oxygen atoms in total. The maximum Gasteiger partial charge on any atom is 0.365 e. The smallest absolute Gasteiger partial charge is 0.324 e. The number of aryl methyl sites for hydroxylation is 3. The van der Waals surface area contributed by atoms with Gasteiger partial charge in [-0.05, 0) is 61.1 Å². The Morgan fingerprint density at radius 3 is 2.67 bits per heavy atom. The van der Waals surface area contributed by atoms with Crippen molar-refractivity contribution in [2.45, 2.75) is 60.4 Å². The molecule has 1 amide bonds. The van der Waals surface area contributed by atoms with Crippen molar-refractivity contribution in [3.05, 3.63) is 56.6 Å². The van der Waals surface area contributed by atoms with Crippen molar-refractivity contribution in [1.29, 1.82) is 0 Å². The van der Waals surface area contributed by atoms with Gasteiger partial charge in [-0.2, -0.15) is 4.98 Å². The van der Waals surface area contributed by atoms with Crippen molar-refractivity contribution in [3.63, 3.8) is 0 Å². The highest BCUT2D eigenvalue weighted by atomic mass is 32.1. The fourth-order valence-corrected chi connectivity index (χ4v) is 6.16. The van der Waals surface area contributed by atoms with Gasteiger partial charge in [-0.25, -0.2) is 19.0 Å². The Bertz CT molecular complexity index is 1430. The molecule has 5 rings (SSSR count). The molecule has 33 heavy (non-hydrogen) atoms. The summed E-state index contributed by atoms with van der Waals surface area (Å²) in [6, 6.07) is 5.86. The van der Waals surface area contributed by atoms with Crippen LogP contribution in [0.5, 0.6) is 0 Å². The van der Waals surface area contributed by atoms with Crippen LogP contribution >= 0.6 is 11.3 Å². The quantitative estimate of drug-likeness (QED) is 0.485. The second-order valence-electron chi connectivity index (χ2n) is 10.2. The number of para-hydroxylation sites is 1. The lowest BCUT2D eigenvalue weighted by molar-refractivity contribution is -0.117. The van der Waals surface area contributed by atoms with Crippen LogP contribution < -0.4 is 11.0 Å². The zero-order valence-electron chi connectivity index (χ0n) is 19.7. The minimum atomic E-state index is -0.440. The summed E-state index contributed by atoms with van der Waals surface area (Å²) in [7, 11) is 0. The predicted molar refractivity (Wildman–Crippen MR) is 132 cm³/mol. The number of benzene rings is 1. The lowest BCUT2D eigenvalue weighted by atomic mass is 9.72. The average Bonchev–Trinajstić information content (AvgIpc) is 3.27. The summed E-state index contributed by atoms with van der Waals surface area (Å²) in [5.41, 5.74) is 4.43. The summed E-state index contributed by atoms with van der Waals surface area (Å²) in [6.07, 6.45) is 4.73. The third kappa shape index (κ3) is 3.76. The number of nitrogens with one attached hydrogen (secondary N) is 1. The number of hydrogen-bond acceptors (Lipinski definition) is 5. The van der Waals surface area contributed by atoms with E-state index in [4.69, 9.17) is 0 Å². The molecule has 1 atom stereocenters. The van der Waals surface area contributed by atoms with E-state index >= 15 is 0 Å². The molecule has 0 radical (unpaired) electrons. The fourth-order valence-electron chi connectivity index (χ4n) is 4.90. The number of thiophene rings is 1. The van der Waals surface area contributed by atoms with Crippen molar-refractivity contribution in [3.8, 4) is 0 Å². The molecule has 1 aliphatic rings. The van der Waals surface area contributed by atoms with E-state index in [1.54, 1.807) is 22.2 Å². The number of amides is 1. The molecule has 0 unspecified atom stereocenters. The van der Waals surface area contributed by atoms with Gasteiger partial charge in [0.15, 0.2) is 5.65 Å². The number of carbonyl (C=O) groups excluding carboxylic acids is 1. The first-order chi connectivity index (χ1) is 15.6. The Hall–Kier alpha value is -3.00. The first kappa shape index (κ1) is 21.8. The van der Waals surface area contributed by atoms with Crippen LogP contribution in [0.3, 0.4) is 0 Å². The van der Waals surface area contributed by atoms with Gasteiger partial charge in [-0.3, -0.25) is 4.79 Å². The Morgan fingerprint density at radius 2 is 1.97 bits per heavy atom. The van der Waals surface area contributed by atoms with Crippen LogP contribution in [0.25, 0.3) is 15.9 Å². The van der Waals surface area contributed by atoms with E-state index in [1.165, 1.54) is 15.1 Å². The molecule has 0 saturated heterocycles. The van der Waals surface area contributed by atoms with Gasteiger partial charge in [0.05, 0.1) is 5.39 Å². The van der Waals surface area contributed by atoms with Crippen molar-refractivity contribution >= 4 is 38.8 Å². The van der Waals surface area contributed by atoms with Crippen molar-refractivity contribution in [1.82, 2.24) is 19.2 Å². The lowest BCUT2D eigenvalue weighted by Gasteiger charge is -2.33. The molecule has 0 fully saturated rings. The molecule has 1 N–H and O–H groups in total. The SMILES string of the molecule is Cc1cccc(C)c1NC(=O)Cn1c(=O)nc2c3c4c(sc3ncn21)C[C@H](C(C)(C)C)CC4. The zero-order chi connectivity index (χ0) is 23.5. The maximum atomic E-state index is 12.8. The highest BCUT2D eigenvalue weighted by Crippen LogP contribution is 2.43. The lowest BCUT2D eigenvalue weighted by Crippen LogP contribution is -2.29. The molecule has 8 heteroatoms. The first-order valence-corrected chi connectivity index (χ1v) is 12.2. The molecule has 4 aromatic rings. The van der Waals surface area contributed by atoms with Crippen molar-refractivity contribution in [2.75, 3.05) is 5.32 Å². The van der Waals surface area contributed by atoms with Crippen LogP contribution in [0.4, 0.5) is 5.69 Å². The molecule has 0 spiro atoms. The summed E-state index contributed by atoms with van der Waals surface area (Å²) in [6.45, 7) is 10.7. The van der Waals surface area contributed by atoms with E-state index in [0.29, 0.717) is 11.6 Å². The number of hydrogen-bond donors (Lipinski definition) is 1. The summed E-state index contributed by atoms with van der Waals surface area (Å²) < 4.78 is 2.99. The van der Waals surface area contributed by atoms with Crippen LogP contribution in [0.15, 0.2) is 29.3 Å². The van der Waals surface area contributed by atoms with Gasteiger partial charge < -0.3 is 5.32 Å². The number of carbonyl (C=O) groups is 1. The molecule has 3 heterocycles. The molecular weight excluding hydrogens is 434 g/mol. The fraction of sp³-hybridized carbons (Fsp3) is 0.440. The van der Waals surface area contributed by atoms with E-state index in [0.717, 1.165) is 46.3 Å². The molecule has 1 aliphatic carbocycles. The third-order valence-electron chi connectivity index (χ3n) is 6.92. The molecule has 0 aliphatic heterocycles. The number of rotatable bonds is 3. The van der Waals surface area contributed by atoms with Gasteiger partial charge >= 0.3 is 5.69 Å². The standard InChI is InChI=1S/C25H29N5O2S/c1-14-7-6-8-15(2)21(14)27-19(31)12-29-24(32)28-22-20-17-10-9-16(25(3,4)5)11-18(17)33-23(20)26-13-30(22)29/h6-8,13,16H,9-12H2,1-5H3,(H,27,31)/t16-/m1/s1. The number of fused-ring (bicyclic) bond motifs is 5. The highest BCUT2D eigenvalue weighted by Gasteiger charge is 2.32. The average molecular weight is 464 g/mol. The van der Waals surface area contributed by atoms with Gasteiger partial charge in [0.1, 0.15) is 17.7 Å². The van der Waals surface area contributed by atoms with Gasteiger partial charge in [-0.15, -0.1) is 11.3 Å². The summed E-state index contributed by atoms with van der Waals surface area (Å²) >= 11 is 1.71. The Labute approximate surface area is 196 Å². The minimum absolute atomic E-state index is 0.126. The normalized spacial score (nSPS) is 16.3. The van der Waals surface area contributed by atoms with Crippen LogP contribution in [0.2, 0.25) is 0 Å². The molecule has 3 aromatic heterocycles. The van der Waals surface area contributed by atoms with E-state index < -0.39 is 5.69 Å².